The van der Waals surface area contributed by atoms with Crippen molar-refractivity contribution in [3.8, 4) is 67.3 Å². The number of rotatable bonds is 9. The van der Waals surface area contributed by atoms with E-state index in [1.165, 1.54) is 33.4 Å². The second kappa shape index (κ2) is 16.4. The SMILES string of the molecule is CC1(C)OB(c2ccc(-c3cc(-c4ccccc4)c(-c4ccccc4)c(-c4ccccc4)c3)cc2)OC1(C)Cc1ccc(-c2nc(Cl)nc(-c3ccc4c(c3)oc3ccccc34)n2)cc1. The zero-order valence-corrected chi connectivity index (χ0v) is 37.0. The Morgan fingerprint density at radius 2 is 1.00 bits per heavy atom. The van der Waals surface area contributed by atoms with Gasteiger partial charge in [-0.05, 0) is 118 Å². The molecule has 1 atom stereocenters. The van der Waals surface area contributed by atoms with Crippen molar-refractivity contribution in [1.82, 2.24) is 15.0 Å². The summed E-state index contributed by atoms with van der Waals surface area (Å²) >= 11 is 6.50. The smallest absolute Gasteiger partial charge is 0.456 e. The molecule has 8 aromatic carbocycles. The van der Waals surface area contributed by atoms with Crippen LogP contribution >= 0.6 is 11.6 Å². The molecular formula is C57H43BClN3O3. The monoisotopic (exact) mass is 863 g/mol. The molecule has 65 heavy (non-hydrogen) atoms. The maximum Gasteiger partial charge on any atom is 0.494 e. The molecule has 314 valence electrons. The fourth-order valence-corrected chi connectivity index (χ4v) is 9.23. The predicted octanol–water partition coefficient (Wildman–Crippen LogP) is 13.9. The van der Waals surface area contributed by atoms with Gasteiger partial charge in [0.05, 0.1) is 11.2 Å². The molecule has 1 aliphatic rings. The van der Waals surface area contributed by atoms with Gasteiger partial charge in [-0.3, -0.25) is 0 Å². The lowest BCUT2D eigenvalue weighted by Crippen LogP contribution is -2.46. The number of aromatic nitrogens is 3. The zero-order valence-electron chi connectivity index (χ0n) is 36.2. The third-order valence-corrected chi connectivity index (χ3v) is 13.1. The van der Waals surface area contributed by atoms with Gasteiger partial charge in [0, 0.05) is 28.3 Å². The summed E-state index contributed by atoms with van der Waals surface area (Å²) in [6.07, 6.45) is 0.633. The van der Waals surface area contributed by atoms with Gasteiger partial charge in [-0.1, -0.05) is 164 Å². The van der Waals surface area contributed by atoms with Crippen LogP contribution in [-0.2, 0) is 15.7 Å². The highest BCUT2D eigenvalue weighted by Gasteiger charge is 2.54. The Labute approximate surface area is 383 Å². The van der Waals surface area contributed by atoms with Crippen LogP contribution in [0.5, 0.6) is 0 Å². The van der Waals surface area contributed by atoms with Crippen LogP contribution in [-0.4, -0.2) is 33.3 Å². The van der Waals surface area contributed by atoms with Crippen molar-refractivity contribution in [2.45, 2.75) is 38.4 Å². The molecule has 1 aliphatic heterocycles. The summed E-state index contributed by atoms with van der Waals surface area (Å²) in [5.74, 6) is 0.970. The van der Waals surface area contributed by atoms with Gasteiger partial charge >= 0.3 is 7.12 Å². The van der Waals surface area contributed by atoms with Crippen molar-refractivity contribution >= 4 is 46.1 Å². The fourth-order valence-electron chi connectivity index (χ4n) is 9.07. The normalized spacial score (nSPS) is 15.8. The third-order valence-electron chi connectivity index (χ3n) is 12.9. The molecule has 0 aliphatic carbocycles. The lowest BCUT2D eigenvalue weighted by atomic mass is 9.78. The first-order valence-corrected chi connectivity index (χ1v) is 22.3. The van der Waals surface area contributed by atoms with Gasteiger partial charge < -0.3 is 13.7 Å². The summed E-state index contributed by atoms with van der Waals surface area (Å²) in [5, 5.41) is 2.23. The molecule has 0 saturated carbocycles. The molecule has 0 amide bonds. The molecule has 0 spiro atoms. The van der Waals surface area contributed by atoms with E-state index < -0.39 is 18.3 Å². The number of hydrogen-bond donors (Lipinski definition) is 0. The zero-order chi connectivity index (χ0) is 44.1. The van der Waals surface area contributed by atoms with E-state index in [9.17, 15) is 0 Å². The van der Waals surface area contributed by atoms with E-state index >= 15 is 0 Å². The van der Waals surface area contributed by atoms with E-state index in [-0.39, 0.29) is 5.28 Å². The Morgan fingerprint density at radius 3 is 1.65 bits per heavy atom. The second-order valence-corrected chi connectivity index (χ2v) is 17.7. The minimum atomic E-state index is -0.626. The van der Waals surface area contributed by atoms with E-state index in [2.05, 4.69) is 176 Å². The molecule has 3 heterocycles. The Hall–Kier alpha value is -7.16. The summed E-state index contributed by atoms with van der Waals surface area (Å²) in [6.45, 7) is 6.35. The molecule has 6 nitrogen and oxygen atoms in total. The lowest BCUT2D eigenvalue weighted by Gasteiger charge is -2.36. The highest BCUT2D eigenvalue weighted by atomic mass is 35.5. The molecule has 1 unspecified atom stereocenters. The number of nitrogens with zero attached hydrogens (tertiary/aromatic N) is 3. The number of benzene rings is 8. The molecule has 0 bridgehead atoms. The third kappa shape index (κ3) is 7.72. The predicted molar refractivity (Wildman–Crippen MR) is 265 cm³/mol. The first kappa shape index (κ1) is 40.6. The number of hydrogen-bond acceptors (Lipinski definition) is 6. The highest BCUT2D eigenvalue weighted by molar-refractivity contribution is 6.62. The summed E-state index contributed by atoms with van der Waals surface area (Å²) in [6, 6.07) is 67.5. The lowest BCUT2D eigenvalue weighted by molar-refractivity contribution is -0.00876. The van der Waals surface area contributed by atoms with Gasteiger partial charge in [-0.15, -0.1) is 0 Å². The van der Waals surface area contributed by atoms with Crippen LogP contribution in [0.4, 0.5) is 0 Å². The van der Waals surface area contributed by atoms with Crippen molar-refractivity contribution in [2.75, 3.05) is 0 Å². The van der Waals surface area contributed by atoms with Gasteiger partial charge in [0.15, 0.2) is 11.6 Å². The average Bonchev–Trinajstić information content (AvgIpc) is 3.83. The van der Waals surface area contributed by atoms with Crippen LogP contribution in [0.2, 0.25) is 5.28 Å². The van der Waals surface area contributed by atoms with Gasteiger partial charge in [0.1, 0.15) is 11.2 Å². The first-order chi connectivity index (χ1) is 31.7. The van der Waals surface area contributed by atoms with Crippen LogP contribution in [0.25, 0.3) is 89.2 Å². The van der Waals surface area contributed by atoms with Crippen molar-refractivity contribution in [3.63, 3.8) is 0 Å². The molecular weight excluding hydrogens is 821 g/mol. The first-order valence-electron chi connectivity index (χ1n) is 21.9. The largest absolute Gasteiger partial charge is 0.494 e. The average molecular weight is 864 g/mol. The van der Waals surface area contributed by atoms with Crippen molar-refractivity contribution < 1.29 is 13.7 Å². The standard InChI is InChI=1S/C57H43BClN3O3/c1-56(2)57(3,36-37-23-25-42(26-24-37)53-60-54(62-55(59)61-53)43-29-32-47-46-21-13-14-22-50(46)63-51(47)35-43)65-58(64-56)45-30-27-38(28-31-45)44-33-48(39-15-7-4-8-16-39)52(41-19-11-6-12-20-41)49(34-44)40-17-9-5-10-18-40/h4-35H,36H2,1-3H3. The molecule has 0 radical (unpaired) electrons. The van der Waals surface area contributed by atoms with Crippen LogP contribution in [0.1, 0.15) is 26.3 Å². The minimum absolute atomic E-state index is 0.124. The van der Waals surface area contributed by atoms with E-state index in [1.807, 2.05) is 48.5 Å². The van der Waals surface area contributed by atoms with Crippen molar-refractivity contribution in [1.29, 1.82) is 0 Å². The van der Waals surface area contributed by atoms with Crippen LogP contribution < -0.4 is 5.46 Å². The van der Waals surface area contributed by atoms with Crippen LogP contribution in [0, 0.1) is 0 Å². The fraction of sp³-hybridized carbons (Fsp3) is 0.105. The van der Waals surface area contributed by atoms with Crippen molar-refractivity contribution in [3.05, 3.63) is 205 Å². The van der Waals surface area contributed by atoms with Gasteiger partial charge in [-0.25, -0.2) is 4.98 Å². The van der Waals surface area contributed by atoms with Crippen LogP contribution in [0.3, 0.4) is 0 Å². The number of halogens is 1. The minimum Gasteiger partial charge on any atom is -0.456 e. The number of para-hydroxylation sites is 1. The Balaban J connectivity index is 0.846. The Morgan fingerprint density at radius 1 is 0.462 bits per heavy atom. The van der Waals surface area contributed by atoms with Crippen molar-refractivity contribution in [2.24, 2.45) is 0 Å². The molecule has 8 heteroatoms. The molecule has 11 rings (SSSR count). The highest BCUT2D eigenvalue weighted by Crippen LogP contribution is 2.44. The maximum atomic E-state index is 6.88. The number of fused-ring (bicyclic) bond motifs is 3. The van der Waals surface area contributed by atoms with Gasteiger partial charge in [0.25, 0.3) is 0 Å². The summed E-state index contributed by atoms with van der Waals surface area (Å²) in [5.41, 5.74) is 13.4. The maximum absolute atomic E-state index is 6.88. The number of furan rings is 1. The van der Waals surface area contributed by atoms with Gasteiger partial charge in [-0.2, -0.15) is 9.97 Å². The summed E-state index contributed by atoms with van der Waals surface area (Å²) < 4.78 is 19.7. The molecule has 0 N–H and O–H groups in total. The molecule has 10 aromatic rings. The molecule has 1 fully saturated rings. The summed E-state index contributed by atoms with van der Waals surface area (Å²) in [4.78, 5) is 13.8. The van der Waals surface area contributed by atoms with E-state index in [4.69, 9.17) is 30.3 Å². The second-order valence-electron chi connectivity index (χ2n) is 17.4. The Kier molecular flexibility index (Phi) is 10.3. The van der Waals surface area contributed by atoms with Crippen LogP contribution in [0.15, 0.2) is 199 Å². The topological polar surface area (TPSA) is 70.3 Å². The quantitative estimate of drug-likeness (QED) is 0.135. The van der Waals surface area contributed by atoms with Gasteiger partial charge in [0.2, 0.25) is 5.28 Å². The summed E-state index contributed by atoms with van der Waals surface area (Å²) in [7, 11) is -0.534. The molecule has 1 saturated heterocycles. The molecule has 2 aromatic heterocycles. The van der Waals surface area contributed by atoms with E-state index in [1.54, 1.807) is 0 Å². The van der Waals surface area contributed by atoms with E-state index in [0.717, 1.165) is 55.2 Å². The van der Waals surface area contributed by atoms with E-state index in [0.29, 0.717) is 18.1 Å². The Bertz CT molecular complexity index is 3280.